The van der Waals surface area contributed by atoms with Crippen LogP contribution in [-0.4, -0.2) is 30.1 Å². The minimum atomic E-state index is 0.592. The summed E-state index contributed by atoms with van der Waals surface area (Å²) in [4.78, 5) is 11.6. The second-order valence-corrected chi connectivity index (χ2v) is 5.67. The van der Waals surface area contributed by atoms with Crippen molar-refractivity contribution >= 4 is 11.6 Å². The maximum absolute atomic E-state index is 4.74. The lowest BCUT2D eigenvalue weighted by molar-refractivity contribution is 0.557. The molecule has 1 aliphatic carbocycles. The Hall–Kier alpha value is -1.32. The first-order valence-electron chi connectivity index (χ1n) is 7.48. The largest absolute Gasteiger partial charge is 0.370 e. The van der Waals surface area contributed by atoms with Crippen LogP contribution >= 0.6 is 0 Å². The van der Waals surface area contributed by atoms with Crippen LogP contribution in [0.2, 0.25) is 0 Å². The third-order valence-electron chi connectivity index (χ3n) is 3.70. The van der Waals surface area contributed by atoms with Gasteiger partial charge in [0.2, 0.25) is 0 Å². The Bertz CT molecular complexity index is 415. The van der Waals surface area contributed by atoms with Crippen LogP contribution in [0.3, 0.4) is 0 Å². The minimum absolute atomic E-state index is 0.592. The van der Waals surface area contributed by atoms with Crippen molar-refractivity contribution in [2.24, 2.45) is 5.92 Å². The Kier molecular flexibility index (Phi) is 4.61. The summed E-state index contributed by atoms with van der Waals surface area (Å²) in [6.45, 7) is 8.56. The Labute approximate surface area is 116 Å². The van der Waals surface area contributed by atoms with Gasteiger partial charge in [0, 0.05) is 32.1 Å². The maximum atomic E-state index is 4.74. The molecule has 0 amide bonds. The van der Waals surface area contributed by atoms with Gasteiger partial charge in [-0.1, -0.05) is 20.3 Å². The first-order valence-corrected chi connectivity index (χ1v) is 7.48. The van der Waals surface area contributed by atoms with Crippen LogP contribution in [-0.2, 0) is 0 Å². The van der Waals surface area contributed by atoms with Gasteiger partial charge in [-0.3, -0.25) is 0 Å². The number of anilines is 2. The molecule has 1 aromatic heterocycles. The summed E-state index contributed by atoms with van der Waals surface area (Å²) in [5, 5.41) is 3.32. The molecule has 0 radical (unpaired) electrons. The number of aromatic nitrogens is 2. The highest BCUT2D eigenvalue weighted by Gasteiger charge is 2.27. The van der Waals surface area contributed by atoms with Gasteiger partial charge in [0.05, 0.1) is 0 Å². The molecule has 19 heavy (non-hydrogen) atoms. The van der Waals surface area contributed by atoms with Crippen LogP contribution in [0.5, 0.6) is 0 Å². The molecule has 1 saturated carbocycles. The van der Waals surface area contributed by atoms with Crippen molar-refractivity contribution in [2.45, 2.75) is 46.0 Å². The van der Waals surface area contributed by atoms with Gasteiger partial charge in [0.1, 0.15) is 17.5 Å². The average Bonchev–Trinajstić information content (AvgIpc) is 3.22. The number of hydrogen-bond acceptors (Lipinski definition) is 4. The Morgan fingerprint density at radius 3 is 2.68 bits per heavy atom. The van der Waals surface area contributed by atoms with Gasteiger partial charge in [0.25, 0.3) is 0 Å². The highest BCUT2D eigenvalue weighted by Crippen LogP contribution is 2.39. The monoisotopic (exact) mass is 262 g/mol. The second-order valence-electron chi connectivity index (χ2n) is 5.67. The minimum Gasteiger partial charge on any atom is -0.370 e. The fourth-order valence-corrected chi connectivity index (χ4v) is 2.13. The Balaban J connectivity index is 2.17. The summed E-state index contributed by atoms with van der Waals surface area (Å²) in [5.41, 5.74) is 0. The molecule has 1 heterocycles. The third-order valence-corrected chi connectivity index (χ3v) is 3.70. The zero-order valence-corrected chi connectivity index (χ0v) is 12.6. The van der Waals surface area contributed by atoms with Crippen LogP contribution in [0.4, 0.5) is 11.6 Å². The normalized spacial score (nSPS) is 16.2. The second kappa shape index (κ2) is 6.22. The first kappa shape index (κ1) is 14.1. The standard InChI is InChI=1S/C15H26N4/c1-5-11(3)10-19(4)14-9-13(16-6-2)17-15(18-14)12-7-8-12/h9,11-12H,5-8,10H2,1-4H3,(H,16,17,18). The molecule has 0 saturated heterocycles. The quantitative estimate of drug-likeness (QED) is 0.819. The summed E-state index contributed by atoms with van der Waals surface area (Å²) in [5.74, 6) is 4.31. The molecule has 1 unspecified atom stereocenters. The predicted molar refractivity (Wildman–Crippen MR) is 80.9 cm³/mol. The van der Waals surface area contributed by atoms with Gasteiger partial charge in [-0.15, -0.1) is 0 Å². The molecule has 1 atom stereocenters. The Morgan fingerprint density at radius 2 is 2.11 bits per heavy atom. The van der Waals surface area contributed by atoms with Crippen LogP contribution in [0.1, 0.15) is 51.8 Å². The molecule has 4 nitrogen and oxygen atoms in total. The van der Waals surface area contributed by atoms with Crippen LogP contribution < -0.4 is 10.2 Å². The molecular weight excluding hydrogens is 236 g/mol. The lowest BCUT2D eigenvalue weighted by atomic mass is 10.1. The molecular formula is C15H26N4. The van der Waals surface area contributed by atoms with E-state index in [0.717, 1.165) is 30.5 Å². The fourth-order valence-electron chi connectivity index (χ4n) is 2.13. The number of rotatable bonds is 7. The van der Waals surface area contributed by atoms with Crippen molar-refractivity contribution in [3.8, 4) is 0 Å². The van der Waals surface area contributed by atoms with Crippen molar-refractivity contribution in [3.63, 3.8) is 0 Å². The van der Waals surface area contributed by atoms with Crippen molar-refractivity contribution in [1.82, 2.24) is 9.97 Å². The SMILES string of the molecule is CCNc1cc(N(C)CC(C)CC)nc(C2CC2)n1. The molecule has 1 fully saturated rings. The molecule has 106 valence electrons. The van der Waals surface area contributed by atoms with Crippen molar-refractivity contribution < 1.29 is 0 Å². The molecule has 1 N–H and O–H groups in total. The fraction of sp³-hybridized carbons (Fsp3) is 0.733. The van der Waals surface area contributed by atoms with Crippen LogP contribution in [0, 0.1) is 5.92 Å². The summed E-state index contributed by atoms with van der Waals surface area (Å²) in [7, 11) is 2.13. The summed E-state index contributed by atoms with van der Waals surface area (Å²) in [6, 6.07) is 2.07. The molecule has 0 spiro atoms. The number of nitrogens with one attached hydrogen (secondary N) is 1. The van der Waals surface area contributed by atoms with E-state index in [-0.39, 0.29) is 0 Å². The van der Waals surface area contributed by atoms with E-state index >= 15 is 0 Å². The van der Waals surface area contributed by atoms with Gasteiger partial charge >= 0.3 is 0 Å². The van der Waals surface area contributed by atoms with Crippen molar-refractivity contribution in [1.29, 1.82) is 0 Å². The van der Waals surface area contributed by atoms with Gasteiger partial charge in [-0.05, 0) is 25.7 Å². The van der Waals surface area contributed by atoms with Gasteiger partial charge in [-0.2, -0.15) is 0 Å². The molecule has 1 aromatic rings. The molecule has 0 aromatic carbocycles. The van der Waals surface area contributed by atoms with E-state index in [1.807, 2.05) is 0 Å². The van der Waals surface area contributed by atoms with Gasteiger partial charge < -0.3 is 10.2 Å². The summed E-state index contributed by atoms with van der Waals surface area (Å²) in [6.07, 6.45) is 3.68. The Morgan fingerprint density at radius 1 is 1.37 bits per heavy atom. The molecule has 4 heteroatoms. The van der Waals surface area contributed by atoms with Crippen LogP contribution in [0.25, 0.3) is 0 Å². The lowest BCUT2D eigenvalue weighted by Crippen LogP contribution is -2.25. The van der Waals surface area contributed by atoms with E-state index in [9.17, 15) is 0 Å². The highest BCUT2D eigenvalue weighted by molar-refractivity contribution is 5.49. The van der Waals surface area contributed by atoms with Gasteiger partial charge in [0.15, 0.2) is 0 Å². The zero-order valence-electron chi connectivity index (χ0n) is 12.6. The highest BCUT2D eigenvalue weighted by atomic mass is 15.2. The van der Waals surface area contributed by atoms with E-state index in [1.54, 1.807) is 0 Å². The zero-order chi connectivity index (χ0) is 13.8. The summed E-state index contributed by atoms with van der Waals surface area (Å²) < 4.78 is 0. The molecule has 0 aliphatic heterocycles. The summed E-state index contributed by atoms with van der Waals surface area (Å²) >= 11 is 0. The van der Waals surface area contributed by atoms with E-state index in [0.29, 0.717) is 11.8 Å². The van der Waals surface area contributed by atoms with E-state index in [1.165, 1.54) is 19.3 Å². The first-order chi connectivity index (χ1) is 9.13. The molecule has 0 bridgehead atoms. The average molecular weight is 262 g/mol. The number of nitrogens with zero attached hydrogens (tertiary/aromatic N) is 3. The van der Waals surface area contributed by atoms with Crippen molar-refractivity contribution in [2.75, 3.05) is 30.4 Å². The lowest BCUT2D eigenvalue weighted by Gasteiger charge is -2.22. The predicted octanol–water partition coefficient (Wildman–Crippen LogP) is 3.27. The van der Waals surface area contributed by atoms with E-state index in [4.69, 9.17) is 4.98 Å². The number of hydrogen-bond donors (Lipinski definition) is 1. The smallest absolute Gasteiger partial charge is 0.136 e. The maximum Gasteiger partial charge on any atom is 0.136 e. The molecule has 1 aliphatic rings. The third kappa shape index (κ3) is 3.82. The van der Waals surface area contributed by atoms with E-state index in [2.05, 4.69) is 49.1 Å². The topological polar surface area (TPSA) is 41.0 Å². The van der Waals surface area contributed by atoms with Crippen LogP contribution in [0.15, 0.2) is 6.07 Å². The van der Waals surface area contributed by atoms with Gasteiger partial charge in [-0.25, -0.2) is 9.97 Å². The van der Waals surface area contributed by atoms with Crippen molar-refractivity contribution in [3.05, 3.63) is 11.9 Å². The van der Waals surface area contributed by atoms with E-state index < -0.39 is 0 Å². The molecule has 2 rings (SSSR count).